The molecule has 1 spiro atoms. The summed E-state index contributed by atoms with van der Waals surface area (Å²) < 4.78 is 12.6. The van der Waals surface area contributed by atoms with Crippen LogP contribution in [-0.4, -0.2) is 41.8 Å². The van der Waals surface area contributed by atoms with Crippen LogP contribution in [0.5, 0.6) is 0 Å². The molecule has 0 amide bonds. The zero-order chi connectivity index (χ0) is 13.6. The third kappa shape index (κ3) is 1.95. The molecule has 18 heavy (non-hydrogen) atoms. The van der Waals surface area contributed by atoms with Crippen LogP contribution in [0.1, 0.15) is 12.8 Å². The van der Waals surface area contributed by atoms with Gasteiger partial charge >= 0.3 is 5.97 Å². The second-order valence-electron chi connectivity index (χ2n) is 5.03. The smallest absolute Gasteiger partial charge is 0.340 e. The third-order valence-corrected chi connectivity index (χ3v) is 3.77. The molecule has 98 valence electrons. The van der Waals surface area contributed by atoms with E-state index in [0.717, 1.165) is 31.4 Å². The minimum Gasteiger partial charge on any atom is -0.478 e. The SMILES string of the molecule is [2H]N1C=C(C(=O)O)C(NC2CC3(COC3)C2)=NC1Cl. The second-order valence-corrected chi connectivity index (χ2v) is 5.42. The van der Waals surface area contributed by atoms with Gasteiger partial charge in [-0.1, -0.05) is 11.6 Å². The topological polar surface area (TPSA) is 83.0 Å². The number of aliphatic imine (C=N–C) groups is 1. The first-order valence-corrected chi connectivity index (χ1v) is 6.22. The fourth-order valence-electron chi connectivity index (χ4n) is 2.59. The number of carbonyl (C=O) groups is 1. The Balaban J connectivity index is 1.67. The summed E-state index contributed by atoms with van der Waals surface area (Å²) in [6.45, 7) is 1.58. The Bertz CT molecular complexity index is 470. The average Bonchev–Trinajstić information content (AvgIpc) is 2.24. The highest BCUT2D eigenvalue weighted by atomic mass is 35.5. The summed E-state index contributed by atoms with van der Waals surface area (Å²) in [5, 5.41) is 13.0. The molecule has 0 aromatic rings. The van der Waals surface area contributed by atoms with Crippen molar-refractivity contribution in [2.24, 2.45) is 10.4 Å². The predicted octanol–water partition coefficient (Wildman–Crippen LogP) is 0.248. The number of carboxylic acid groups (broad SMARTS) is 1. The van der Waals surface area contributed by atoms with E-state index in [2.05, 4.69) is 10.3 Å². The van der Waals surface area contributed by atoms with E-state index in [0.29, 0.717) is 5.41 Å². The average molecular weight is 273 g/mol. The van der Waals surface area contributed by atoms with E-state index in [-0.39, 0.29) is 17.5 Å². The number of halogens is 1. The Morgan fingerprint density at radius 2 is 2.44 bits per heavy atom. The van der Waals surface area contributed by atoms with Crippen LogP contribution in [0.4, 0.5) is 0 Å². The van der Waals surface area contributed by atoms with Crippen LogP contribution in [0.15, 0.2) is 16.8 Å². The van der Waals surface area contributed by atoms with Crippen LogP contribution in [0.25, 0.3) is 0 Å². The van der Waals surface area contributed by atoms with Crippen molar-refractivity contribution >= 4 is 23.4 Å². The van der Waals surface area contributed by atoms with Crippen molar-refractivity contribution in [2.45, 2.75) is 24.5 Å². The van der Waals surface area contributed by atoms with Gasteiger partial charge in [0, 0.05) is 17.7 Å². The summed E-state index contributed by atoms with van der Waals surface area (Å²) in [6, 6.07) is 0.201. The van der Waals surface area contributed by atoms with E-state index >= 15 is 0 Å². The van der Waals surface area contributed by atoms with Gasteiger partial charge < -0.3 is 20.5 Å². The number of hydrogen-bond acceptors (Lipinski definition) is 5. The monoisotopic (exact) mass is 272 g/mol. The quantitative estimate of drug-likeness (QED) is 0.496. The summed E-state index contributed by atoms with van der Waals surface area (Å²) in [5.41, 5.74) is -0.633. The molecule has 2 heterocycles. The highest BCUT2D eigenvalue weighted by Gasteiger charge is 2.50. The number of carboxylic acids is 1. The van der Waals surface area contributed by atoms with E-state index in [9.17, 15) is 4.79 Å². The maximum atomic E-state index is 11.1. The van der Waals surface area contributed by atoms with Gasteiger partial charge in [-0.25, -0.2) is 9.79 Å². The fraction of sp³-hybridized carbons (Fsp3) is 0.636. The van der Waals surface area contributed by atoms with E-state index in [1.165, 1.54) is 6.20 Å². The molecular formula is C11H14ClN3O3. The lowest BCUT2D eigenvalue weighted by molar-refractivity contribution is -0.165. The Morgan fingerprint density at radius 3 is 3.00 bits per heavy atom. The summed E-state index contributed by atoms with van der Waals surface area (Å²) in [7, 11) is 0. The second kappa shape index (κ2) is 4.13. The first kappa shape index (κ1) is 10.6. The molecule has 3 aliphatic rings. The van der Waals surface area contributed by atoms with Gasteiger partial charge in [-0.15, -0.1) is 0 Å². The molecule has 3 N–H and O–H groups in total. The van der Waals surface area contributed by atoms with E-state index in [1.54, 1.807) is 0 Å². The molecule has 6 nitrogen and oxygen atoms in total. The number of alkyl halides is 1. The largest absolute Gasteiger partial charge is 0.478 e. The van der Waals surface area contributed by atoms with E-state index < -0.39 is 11.6 Å². The molecule has 1 atom stereocenters. The minimum absolute atomic E-state index is 0.0299. The molecule has 0 aromatic heterocycles. The standard InChI is InChI=1S/C11H14ClN3O3/c12-10-13-3-7(9(16)17)8(15-10)14-6-1-11(2-6)4-18-5-11/h3,6,10,13H,1-2,4-5H2,(H,14,15)(H,16,17)/i/hD. The van der Waals surface area contributed by atoms with Gasteiger partial charge in [-0.2, -0.15) is 0 Å². The minimum atomic E-state index is -1.12. The van der Waals surface area contributed by atoms with Crippen molar-refractivity contribution in [3.05, 3.63) is 11.8 Å². The molecule has 1 unspecified atom stereocenters. The molecule has 2 fully saturated rings. The number of ether oxygens (including phenoxy) is 1. The lowest BCUT2D eigenvalue weighted by Crippen LogP contribution is -2.60. The van der Waals surface area contributed by atoms with Crippen LogP contribution in [0.3, 0.4) is 0 Å². The number of hydrogen-bond donors (Lipinski definition) is 3. The summed E-state index contributed by atoms with van der Waals surface area (Å²) in [5.74, 6) is -0.857. The van der Waals surface area contributed by atoms with E-state index in [4.69, 9.17) is 22.9 Å². The van der Waals surface area contributed by atoms with Crippen molar-refractivity contribution in [3.63, 3.8) is 0 Å². The molecule has 7 heteroatoms. The van der Waals surface area contributed by atoms with Crippen LogP contribution in [0.2, 0.25) is 1.41 Å². The first-order valence-electron chi connectivity index (χ1n) is 6.23. The molecule has 1 saturated heterocycles. The van der Waals surface area contributed by atoms with Crippen molar-refractivity contribution < 1.29 is 16.0 Å². The van der Waals surface area contributed by atoms with Gasteiger partial charge in [-0.05, 0) is 12.8 Å². The predicted molar refractivity (Wildman–Crippen MR) is 65.3 cm³/mol. The van der Waals surface area contributed by atoms with Crippen molar-refractivity contribution in [1.29, 1.82) is 0 Å². The van der Waals surface area contributed by atoms with Crippen LogP contribution in [-0.2, 0) is 9.53 Å². The lowest BCUT2D eigenvalue weighted by atomic mass is 9.64. The van der Waals surface area contributed by atoms with Gasteiger partial charge in [0.05, 0.1) is 13.2 Å². The zero-order valence-electron chi connectivity index (χ0n) is 10.6. The summed E-state index contributed by atoms with van der Waals surface area (Å²) >= 11 is 5.82. The van der Waals surface area contributed by atoms with Crippen molar-refractivity contribution in [3.8, 4) is 0 Å². The van der Waals surface area contributed by atoms with Crippen molar-refractivity contribution in [1.82, 2.24) is 10.6 Å². The molecule has 2 aliphatic heterocycles. The fourth-order valence-corrected chi connectivity index (χ4v) is 2.74. The summed E-state index contributed by atoms with van der Waals surface area (Å²) in [6.07, 6.45) is 3.09. The molecule has 0 aromatic carbocycles. The first-order chi connectivity index (χ1) is 8.99. The van der Waals surface area contributed by atoms with Crippen LogP contribution < -0.4 is 10.6 Å². The van der Waals surface area contributed by atoms with E-state index in [1.807, 2.05) is 0 Å². The third-order valence-electron chi connectivity index (χ3n) is 3.56. The Hall–Kier alpha value is -1.27. The number of nitrogens with one attached hydrogen (secondary N) is 2. The Morgan fingerprint density at radius 1 is 1.72 bits per heavy atom. The maximum Gasteiger partial charge on any atom is 0.340 e. The highest BCUT2D eigenvalue weighted by molar-refractivity contribution is 6.24. The Kier molecular flexibility index (Phi) is 2.44. The summed E-state index contributed by atoms with van der Waals surface area (Å²) in [4.78, 5) is 15.1. The molecule has 3 rings (SSSR count). The van der Waals surface area contributed by atoms with Crippen molar-refractivity contribution in [2.75, 3.05) is 13.2 Å². The van der Waals surface area contributed by atoms with Gasteiger partial charge in [-0.3, -0.25) is 0 Å². The number of nitrogens with zero attached hydrogens (tertiary/aromatic N) is 1. The number of rotatable bonds is 2. The van der Waals surface area contributed by atoms with Gasteiger partial charge in [0.15, 0.2) is 7.04 Å². The van der Waals surface area contributed by atoms with Crippen LogP contribution >= 0.6 is 11.6 Å². The molecular weight excluding hydrogens is 258 g/mol. The zero-order valence-corrected chi connectivity index (χ0v) is 10.4. The lowest BCUT2D eigenvalue weighted by Gasteiger charge is -2.53. The molecule has 1 saturated carbocycles. The van der Waals surface area contributed by atoms with Crippen LogP contribution in [0, 0.1) is 5.41 Å². The number of amidine groups is 1. The normalized spacial score (nSPS) is 30.8. The highest BCUT2D eigenvalue weighted by Crippen LogP contribution is 2.46. The number of aliphatic carboxylic acids is 1. The molecule has 0 radical (unpaired) electrons. The van der Waals surface area contributed by atoms with Gasteiger partial charge in [0.2, 0.25) is 0 Å². The Labute approximate surface area is 111 Å². The van der Waals surface area contributed by atoms with Gasteiger partial charge in [0.1, 0.15) is 11.4 Å². The van der Waals surface area contributed by atoms with Gasteiger partial charge in [0.25, 0.3) is 0 Å². The maximum absolute atomic E-state index is 11.1. The molecule has 1 aliphatic carbocycles. The molecule has 0 bridgehead atoms.